The predicted molar refractivity (Wildman–Crippen MR) is 98.4 cm³/mol. The van der Waals surface area contributed by atoms with Crippen molar-refractivity contribution in [3.8, 4) is 0 Å². The minimum atomic E-state index is 0.393. The van der Waals surface area contributed by atoms with Gasteiger partial charge in [0.2, 0.25) is 0 Å². The average Bonchev–Trinajstić information content (AvgIpc) is 2.94. The smallest absolute Gasteiger partial charge is 0.154 e. The summed E-state index contributed by atoms with van der Waals surface area (Å²) in [4.78, 5) is 4.85. The third-order valence-electron chi connectivity index (χ3n) is 5.38. The Morgan fingerprint density at radius 1 is 1.22 bits per heavy atom. The van der Waals surface area contributed by atoms with Gasteiger partial charge in [0.25, 0.3) is 0 Å². The maximum Gasteiger partial charge on any atom is 0.154 e. The van der Waals surface area contributed by atoms with Crippen LogP contribution in [0.25, 0.3) is 5.57 Å². The van der Waals surface area contributed by atoms with Crippen molar-refractivity contribution in [1.29, 1.82) is 0 Å². The lowest BCUT2D eigenvalue weighted by atomic mass is 9.82. The summed E-state index contributed by atoms with van der Waals surface area (Å²) in [7, 11) is 2.02. The first-order chi connectivity index (χ1) is 10.9. The van der Waals surface area contributed by atoms with Crippen molar-refractivity contribution in [1.82, 2.24) is 14.8 Å². The van der Waals surface area contributed by atoms with E-state index in [1.54, 1.807) is 0 Å². The monoisotopic (exact) mass is 317 g/mol. The molecule has 0 radical (unpaired) electrons. The number of hydrogen-bond donors (Lipinski definition) is 0. The summed E-state index contributed by atoms with van der Waals surface area (Å²) in [6.45, 7) is 11.3. The molecule has 3 nitrogen and oxygen atoms in total. The van der Waals surface area contributed by atoms with Gasteiger partial charge in [-0.15, -0.1) is 0 Å². The first kappa shape index (κ1) is 18.2. The van der Waals surface area contributed by atoms with Crippen LogP contribution in [-0.2, 0) is 7.05 Å². The molecule has 1 aromatic heterocycles. The Balaban J connectivity index is 1.95. The molecule has 1 fully saturated rings. The van der Waals surface area contributed by atoms with E-state index in [1.165, 1.54) is 57.8 Å². The van der Waals surface area contributed by atoms with Gasteiger partial charge in [0.1, 0.15) is 0 Å². The van der Waals surface area contributed by atoms with E-state index in [1.807, 2.05) is 11.7 Å². The quantitative estimate of drug-likeness (QED) is 0.600. The zero-order chi connectivity index (χ0) is 16.9. The minimum Gasteiger partial charge on any atom is -0.249 e. The van der Waals surface area contributed by atoms with E-state index in [4.69, 9.17) is 10.1 Å². The highest BCUT2D eigenvalue weighted by atomic mass is 15.3. The molecule has 0 saturated heterocycles. The fourth-order valence-electron chi connectivity index (χ4n) is 3.63. The topological polar surface area (TPSA) is 30.7 Å². The number of unbranched alkanes of at least 4 members (excludes halogenated alkanes) is 1. The fourth-order valence-corrected chi connectivity index (χ4v) is 3.63. The van der Waals surface area contributed by atoms with E-state index in [2.05, 4.69) is 27.4 Å². The van der Waals surface area contributed by atoms with E-state index in [0.717, 1.165) is 23.6 Å². The molecule has 0 spiro atoms. The van der Waals surface area contributed by atoms with Crippen molar-refractivity contribution < 1.29 is 0 Å². The number of aromatic nitrogens is 3. The Bertz CT molecular complexity index is 507. The SMILES string of the molecule is C=C(CCC(C)(C)CCCC)c1nc(C2CCCCC2)nn1C. The van der Waals surface area contributed by atoms with Crippen LogP contribution in [0.15, 0.2) is 6.58 Å². The molecule has 0 amide bonds. The molecule has 2 rings (SSSR count). The van der Waals surface area contributed by atoms with E-state index in [0.29, 0.717) is 11.3 Å². The van der Waals surface area contributed by atoms with Crippen molar-refractivity contribution in [2.45, 2.75) is 90.9 Å². The summed E-state index contributed by atoms with van der Waals surface area (Å²) in [6, 6.07) is 0. The Morgan fingerprint density at radius 3 is 2.57 bits per heavy atom. The summed E-state index contributed by atoms with van der Waals surface area (Å²) in [6.07, 6.45) is 12.6. The van der Waals surface area contributed by atoms with Crippen molar-refractivity contribution in [2.24, 2.45) is 12.5 Å². The molecular weight excluding hydrogens is 282 g/mol. The Morgan fingerprint density at radius 2 is 1.91 bits per heavy atom. The van der Waals surface area contributed by atoms with Gasteiger partial charge in [0.05, 0.1) is 0 Å². The van der Waals surface area contributed by atoms with Crippen molar-refractivity contribution >= 4 is 5.57 Å². The van der Waals surface area contributed by atoms with Crippen LogP contribution < -0.4 is 0 Å². The number of hydrogen-bond acceptors (Lipinski definition) is 2. The predicted octanol–water partition coefficient (Wildman–Crippen LogP) is 5.87. The van der Waals surface area contributed by atoms with Crippen LogP contribution in [-0.4, -0.2) is 14.8 Å². The Kier molecular flexibility index (Phi) is 6.43. The molecule has 3 heteroatoms. The zero-order valence-corrected chi connectivity index (χ0v) is 15.7. The summed E-state index contributed by atoms with van der Waals surface area (Å²) < 4.78 is 1.95. The number of aryl methyl sites for hydroxylation is 1. The van der Waals surface area contributed by atoms with E-state index in [-0.39, 0.29) is 0 Å². The highest BCUT2D eigenvalue weighted by Crippen LogP contribution is 2.34. The molecule has 130 valence electrons. The van der Waals surface area contributed by atoms with Crippen molar-refractivity contribution in [3.63, 3.8) is 0 Å². The molecule has 0 bridgehead atoms. The van der Waals surface area contributed by atoms with Gasteiger partial charge < -0.3 is 0 Å². The molecule has 1 aliphatic rings. The maximum absolute atomic E-state index is 4.85. The second-order valence-electron chi connectivity index (χ2n) is 8.12. The second kappa shape index (κ2) is 8.12. The highest BCUT2D eigenvalue weighted by Gasteiger charge is 2.23. The molecule has 1 aliphatic carbocycles. The molecule has 23 heavy (non-hydrogen) atoms. The molecule has 0 unspecified atom stereocenters. The van der Waals surface area contributed by atoms with Crippen molar-refractivity contribution in [3.05, 3.63) is 18.2 Å². The molecular formula is C20H35N3. The first-order valence-corrected chi connectivity index (χ1v) is 9.52. The number of rotatable bonds is 8. The summed E-state index contributed by atoms with van der Waals surface area (Å²) in [5.74, 6) is 2.61. The third-order valence-corrected chi connectivity index (χ3v) is 5.38. The van der Waals surface area contributed by atoms with Crippen LogP contribution in [0, 0.1) is 5.41 Å². The minimum absolute atomic E-state index is 0.393. The van der Waals surface area contributed by atoms with Gasteiger partial charge in [-0.05, 0) is 43.1 Å². The second-order valence-corrected chi connectivity index (χ2v) is 8.12. The van der Waals surface area contributed by atoms with E-state index in [9.17, 15) is 0 Å². The molecule has 0 aliphatic heterocycles. The maximum atomic E-state index is 4.85. The van der Waals surface area contributed by atoms with Gasteiger partial charge in [-0.25, -0.2) is 9.67 Å². The van der Waals surface area contributed by atoms with Gasteiger partial charge in [-0.2, -0.15) is 5.10 Å². The zero-order valence-electron chi connectivity index (χ0n) is 15.7. The van der Waals surface area contributed by atoms with Crippen LogP contribution >= 0.6 is 0 Å². The van der Waals surface area contributed by atoms with Crippen LogP contribution in [0.5, 0.6) is 0 Å². The number of nitrogens with zero attached hydrogens (tertiary/aromatic N) is 3. The highest BCUT2D eigenvalue weighted by molar-refractivity contribution is 5.57. The standard InChI is InChI=1S/C20H35N3/c1-6-7-14-20(3,4)15-13-16(2)19-21-18(22-23(19)5)17-11-9-8-10-12-17/h17H,2,6-15H2,1,3-5H3. The summed E-state index contributed by atoms with van der Waals surface area (Å²) >= 11 is 0. The summed E-state index contributed by atoms with van der Waals surface area (Å²) in [5, 5.41) is 4.69. The van der Waals surface area contributed by atoms with Crippen LogP contribution in [0.4, 0.5) is 0 Å². The van der Waals surface area contributed by atoms with Gasteiger partial charge in [-0.1, -0.05) is 59.5 Å². The largest absolute Gasteiger partial charge is 0.249 e. The van der Waals surface area contributed by atoms with Gasteiger partial charge >= 0.3 is 0 Å². The molecule has 1 aromatic rings. The lowest BCUT2D eigenvalue weighted by molar-refractivity contribution is 0.302. The molecule has 0 N–H and O–H groups in total. The van der Waals surface area contributed by atoms with Crippen LogP contribution in [0.3, 0.4) is 0 Å². The number of allylic oxidation sites excluding steroid dienone is 1. The molecule has 1 heterocycles. The van der Waals surface area contributed by atoms with Gasteiger partial charge in [-0.3, -0.25) is 0 Å². The molecule has 1 saturated carbocycles. The Labute approximate surface area is 142 Å². The van der Waals surface area contributed by atoms with Gasteiger partial charge in [0.15, 0.2) is 11.6 Å². The van der Waals surface area contributed by atoms with Crippen LogP contribution in [0.1, 0.15) is 103 Å². The molecule has 0 aromatic carbocycles. The van der Waals surface area contributed by atoms with Crippen molar-refractivity contribution in [2.75, 3.05) is 0 Å². The lowest BCUT2D eigenvalue weighted by Gasteiger charge is -2.24. The summed E-state index contributed by atoms with van der Waals surface area (Å²) in [5.41, 5.74) is 1.54. The van der Waals surface area contributed by atoms with Crippen LogP contribution in [0.2, 0.25) is 0 Å². The lowest BCUT2D eigenvalue weighted by Crippen LogP contribution is -2.11. The average molecular weight is 318 g/mol. The fraction of sp³-hybridized carbons (Fsp3) is 0.800. The Hall–Kier alpha value is -1.12. The van der Waals surface area contributed by atoms with Gasteiger partial charge in [0, 0.05) is 13.0 Å². The van der Waals surface area contributed by atoms with E-state index >= 15 is 0 Å². The third kappa shape index (κ3) is 5.19. The first-order valence-electron chi connectivity index (χ1n) is 9.52. The normalized spacial score (nSPS) is 16.7. The van der Waals surface area contributed by atoms with E-state index < -0.39 is 0 Å². The molecule has 0 atom stereocenters.